The van der Waals surface area contributed by atoms with Gasteiger partial charge >= 0.3 is 0 Å². The van der Waals surface area contributed by atoms with Crippen LogP contribution in [0.2, 0.25) is 0 Å². The Labute approximate surface area is 127 Å². The van der Waals surface area contributed by atoms with Crippen molar-refractivity contribution in [2.24, 2.45) is 0 Å². The lowest BCUT2D eigenvalue weighted by molar-refractivity contribution is 0.559. The van der Waals surface area contributed by atoms with Gasteiger partial charge in [-0.05, 0) is 12.8 Å². The molecule has 0 fully saturated rings. The number of allylic oxidation sites excluding steroid dienone is 1. The number of unbranched alkanes of at least 4 members (excludes halogenated alkanes) is 10. The number of hydrogen-bond donors (Lipinski definition) is 1. The van der Waals surface area contributed by atoms with Crippen LogP contribution in [0.3, 0.4) is 0 Å². The van der Waals surface area contributed by atoms with E-state index in [9.17, 15) is 0 Å². The van der Waals surface area contributed by atoms with Gasteiger partial charge in [0.1, 0.15) is 0 Å². The summed E-state index contributed by atoms with van der Waals surface area (Å²) in [5.74, 6) is 0. The Morgan fingerprint density at radius 2 is 1.26 bits per heavy atom. The molecule has 0 aromatic heterocycles. The molecule has 1 heteroatoms. The van der Waals surface area contributed by atoms with Crippen LogP contribution in [0.1, 0.15) is 97.3 Å². The van der Waals surface area contributed by atoms with Gasteiger partial charge in [-0.1, -0.05) is 96.6 Å². The standard InChI is InChI=1S/C18H36S/c1-3-5-7-9-10-11-12-13-15-17-18(19)16-14-8-6-4-2/h14,16,18-19H,3-13,15,17H2,1-2H3. The van der Waals surface area contributed by atoms with Crippen molar-refractivity contribution >= 4 is 12.6 Å². The zero-order chi connectivity index (χ0) is 14.2. The average molecular weight is 285 g/mol. The molecule has 0 nitrogen and oxygen atoms in total. The summed E-state index contributed by atoms with van der Waals surface area (Å²) in [5, 5.41) is 0.487. The summed E-state index contributed by atoms with van der Waals surface area (Å²) in [6.45, 7) is 4.53. The highest BCUT2D eigenvalue weighted by Crippen LogP contribution is 2.14. The Bertz CT molecular complexity index is 186. The van der Waals surface area contributed by atoms with Crippen LogP contribution in [0.5, 0.6) is 0 Å². The smallest absolute Gasteiger partial charge is 0.0196 e. The fourth-order valence-electron chi connectivity index (χ4n) is 2.34. The minimum Gasteiger partial charge on any atom is -0.172 e. The van der Waals surface area contributed by atoms with Crippen LogP contribution in [0.15, 0.2) is 12.2 Å². The second-order valence-corrected chi connectivity index (χ2v) is 6.42. The SMILES string of the molecule is CCCCC=CC(S)CCCCCCCCCCC. The van der Waals surface area contributed by atoms with Crippen LogP contribution in [0, 0.1) is 0 Å². The van der Waals surface area contributed by atoms with Gasteiger partial charge in [0, 0.05) is 5.25 Å². The van der Waals surface area contributed by atoms with E-state index in [0.717, 1.165) is 0 Å². The summed E-state index contributed by atoms with van der Waals surface area (Å²) in [6.07, 6.45) is 22.4. The quantitative estimate of drug-likeness (QED) is 0.199. The van der Waals surface area contributed by atoms with Crippen molar-refractivity contribution in [3.8, 4) is 0 Å². The number of hydrogen-bond acceptors (Lipinski definition) is 1. The largest absolute Gasteiger partial charge is 0.172 e. The predicted octanol–water partition coefficient (Wildman–Crippen LogP) is 6.95. The molecule has 0 N–H and O–H groups in total. The lowest BCUT2D eigenvalue weighted by atomic mass is 10.1. The molecule has 0 saturated carbocycles. The van der Waals surface area contributed by atoms with Gasteiger partial charge in [0.15, 0.2) is 0 Å². The van der Waals surface area contributed by atoms with E-state index in [1.165, 1.54) is 83.5 Å². The fourth-order valence-corrected chi connectivity index (χ4v) is 2.64. The van der Waals surface area contributed by atoms with Crippen LogP contribution in [0.4, 0.5) is 0 Å². The molecule has 0 aliphatic heterocycles. The average Bonchev–Trinajstić information content (AvgIpc) is 2.42. The van der Waals surface area contributed by atoms with Crippen LogP contribution >= 0.6 is 12.6 Å². The second kappa shape index (κ2) is 16.1. The Morgan fingerprint density at radius 3 is 1.84 bits per heavy atom. The molecule has 1 unspecified atom stereocenters. The first-order chi connectivity index (χ1) is 9.31. The van der Waals surface area contributed by atoms with Crippen molar-refractivity contribution in [1.29, 1.82) is 0 Å². The molecule has 0 saturated heterocycles. The van der Waals surface area contributed by atoms with Crippen LogP contribution < -0.4 is 0 Å². The summed E-state index contributed by atoms with van der Waals surface area (Å²) in [7, 11) is 0. The normalized spacial score (nSPS) is 13.2. The third-order valence-corrected chi connectivity index (χ3v) is 4.12. The van der Waals surface area contributed by atoms with Crippen molar-refractivity contribution < 1.29 is 0 Å². The first-order valence-electron chi connectivity index (χ1n) is 8.66. The maximum Gasteiger partial charge on any atom is 0.0196 e. The van der Waals surface area contributed by atoms with Crippen molar-refractivity contribution in [2.75, 3.05) is 0 Å². The minimum atomic E-state index is 0.487. The third kappa shape index (κ3) is 16.0. The van der Waals surface area contributed by atoms with Gasteiger partial charge in [-0.2, -0.15) is 12.6 Å². The Kier molecular flexibility index (Phi) is 16.2. The van der Waals surface area contributed by atoms with Gasteiger partial charge in [0.25, 0.3) is 0 Å². The van der Waals surface area contributed by atoms with Crippen LogP contribution in [-0.2, 0) is 0 Å². The molecule has 0 aliphatic carbocycles. The Balaban J connectivity index is 3.18. The highest BCUT2D eigenvalue weighted by atomic mass is 32.1. The van der Waals surface area contributed by atoms with Gasteiger partial charge in [-0.3, -0.25) is 0 Å². The summed E-state index contributed by atoms with van der Waals surface area (Å²) < 4.78 is 0. The van der Waals surface area contributed by atoms with E-state index in [2.05, 4.69) is 38.6 Å². The van der Waals surface area contributed by atoms with Gasteiger partial charge in [0.05, 0.1) is 0 Å². The summed E-state index contributed by atoms with van der Waals surface area (Å²) in [4.78, 5) is 0. The van der Waals surface area contributed by atoms with E-state index in [1.54, 1.807) is 0 Å². The second-order valence-electron chi connectivity index (χ2n) is 5.75. The summed E-state index contributed by atoms with van der Waals surface area (Å²) in [6, 6.07) is 0. The van der Waals surface area contributed by atoms with Gasteiger partial charge in [-0.15, -0.1) is 0 Å². The molecule has 0 bridgehead atoms. The zero-order valence-corrected chi connectivity index (χ0v) is 14.3. The van der Waals surface area contributed by atoms with E-state index in [4.69, 9.17) is 0 Å². The maximum absolute atomic E-state index is 4.63. The third-order valence-electron chi connectivity index (χ3n) is 3.69. The molecule has 0 radical (unpaired) electrons. The van der Waals surface area contributed by atoms with Crippen LogP contribution in [-0.4, -0.2) is 5.25 Å². The highest BCUT2D eigenvalue weighted by molar-refractivity contribution is 7.81. The topological polar surface area (TPSA) is 0 Å². The monoisotopic (exact) mass is 284 g/mol. The van der Waals surface area contributed by atoms with E-state index >= 15 is 0 Å². The number of rotatable bonds is 14. The minimum absolute atomic E-state index is 0.487. The molecule has 0 amide bonds. The van der Waals surface area contributed by atoms with Gasteiger partial charge in [-0.25, -0.2) is 0 Å². The van der Waals surface area contributed by atoms with E-state index < -0.39 is 0 Å². The van der Waals surface area contributed by atoms with E-state index in [1.807, 2.05) is 0 Å². The molecular weight excluding hydrogens is 248 g/mol. The molecule has 0 aromatic rings. The first kappa shape index (κ1) is 19.1. The maximum atomic E-state index is 4.63. The van der Waals surface area contributed by atoms with Crippen molar-refractivity contribution in [1.82, 2.24) is 0 Å². The molecule has 0 aromatic carbocycles. The molecule has 19 heavy (non-hydrogen) atoms. The molecular formula is C18H36S. The van der Waals surface area contributed by atoms with Gasteiger partial charge < -0.3 is 0 Å². The van der Waals surface area contributed by atoms with Crippen molar-refractivity contribution in [2.45, 2.75) is 103 Å². The lowest BCUT2D eigenvalue weighted by Crippen LogP contribution is -1.93. The fraction of sp³-hybridized carbons (Fsp3) is 0.889. The molecule has 0 heterocycles. The molecule has 0 rings (SSSR count). The lowest BCUT2D eigenvalue weighted by Gasteiger charge is -2.05. The molecule has 1 atom stereocenters. The van der Waals surface area contributed by atoms with Crippen LogP contribution in [0.25, 0.3) is 0 Å². The highest BCUT2D eigenvalue weighted by Gasteiger charge is 1.98. The van der Waals surface area contributed by atoms with Gasteiger partial charge in [0.2, 0.25) is 0 Å². The zero-order valence-electron chi connectivity index (χ0n) is 13.4. The van der Waals surface area contributed by atoms with E-state index in [-0.39, 0.29) is 0 Å². The summed E-state index contributed by atoms with van der Waals surface area (Å²) in [5.41, 5.74) is 0. The summed E-state index contributed by atoms with van der Waals surface area (Å²) >= 11 is 4.63. The first-order valence-corrected chi connectivity index (χ1v) is 9.17. The molecule has 0 spiro atoms. The Morgan fingerprint density at radius 1 is 0.737 bits per heavy atom. The molecule has 114 valence electrons. The van der Waals surface area contributed by atoms with E-state index in [0.29, 0.717) is 5.25 Å². The van der Waals surface area contributed by atoms with Crippen molar-refractivity contribution in [3.63, 3.8) is 0 Å². The number of thiol groups is 1. The molecule has 0 aliphatic rings. The van der Waals surface area contributed by atoms with Crippen molar-refractivity contribution in [3.05, 3.63) is 12.2 Å². The Hall–Kier alpha value is 0.0900. The predicted molar refractivity (Wildman–Crippen MR) is 93.3 cm³/mol.